The lowest BCUT2D eigenvalue weighted by Gasteiger charge is -2.07. The Bertz CT molecular complexity index is 260. The van der Waals surface area contributed by atoms with Crippen molar-refractivity contribution in [2.45, 2.75) is 39.0 Å². The zero-order chi connectivity index (χ0) is 10.2. The molecule has 0 saturated heterocycles. The van der Waals surface area contributed by atoms with Crippen LogP contribution in [0.25, 0.3) is 0 Å². The third-order valence-corrected chi connectivity index (χ3v) is 2.44. The molecule has 2 N–H and O–H groups in total. The van der Waals surface area contributed by atoms with Crippen molar-refractivity contribution in [1.82, 2.24) is 0 Å². The van der Waals surface area contributed by atoms with Gasteiger partial charge < -0.3 is 0 Å². The van der Waals surface area contributed by atoms with Gasteiger partial charge >= 0.3 is 0 Å². The van der Waals surface area contributed by atoms with Crippen LogP contribution in [0, 0.1) is 0 Å². The number of nitrogens with one attached hydrogen (secondary N) is 1. The minimum Gasteiger partial charge on any atom is -0.291 e. The van der Waals surface area contributed by atoms with Crippen molar-refractivity contribution in [3.05, 3.63) is 29.8 Å². The van der Waals surface area contributed by atoms with E-state index in [0.29, 0.717) is 0 Å². The van der Waals surface area contributed by atoms with Crippen LogP contribution < -0.4 is 5.48 Å². The zero-order valence-corrected chi connectivity index (χ0v) is 8.79. The fraction of sp³-hybridized carbons (Fsp3) is 0.500. The molecule has 14 heavy (non-hydrogen) atoms. The topological polar surface area (TPSA) is 32.3 Å². The van der Waals surface area contributed by atoms with Crippen LogP contribution in [0.15, 0.2) is 24.3 Å². The molecular weight excluding hydrogens is 174 g/mol. The highest BCUT2D eigenvalue weighted by Gasteiger charge is 1.99. The number of rotatable bonds is 6. The minimum absolute atomic E-state index is 0.837. The molecule has 2 nitrogen and oxygen atoms in total. The third kappa shape index (κ3) is 3.38. The van der Waals surface area contributed by atoms with E-state index in [4.69, 9.17) is 5.21 Å². The van der Waals surface area contributed by atoms with Crippen LogP contribution in [0.5, 0.6) is 0 Å². The number of hydrogen-bond donors (Lipinski definition) is 2. The average molecular weight is 193 g/mol. The van der Waals surface area contributed by atoms with Gasteiger partial charge in [-0.25, -0.2) is 0 Å². The molecule has 0 aliphatic rings. The molecule has 0 amide bonds. The van der Waals surface area contributed by atoms with E-state index in [2.05, 4.69) is 18.5 Å². The molecule has 0 bridgehead atoms. The molecule has 0 saturated carbocycles. The Kier molecular flexibility index (Phi) is 5.08. The molecule has 0 heterocycles. The van der Waals surface area contributed by atoms with Crippen molar-refractivity contribution in [3.8, 4) is 0 Å². The Morgan fingerprint density at radius 2 is 1.93 bits per heavy atom. The van der Waals surface area contributed by atoms with Crippen LogP contribution in [-0.4, -0.2) is 5.21 Å². The Hall–Kier alpha value is -1.02. The number of hydrogen-bond acceptors (Lipinski definition) is 2. The fourth-order valence-corrected chi connectivity index (χ4v) is 1.59. The summed E-state index contributed by atoms with van der Waals surface area (Å²) < 4.78 is 0. The summed E-state index contributed by atoms with van der Waals surface area (Å²) in [5.74, 6) is 0. The van der Waals surface area contributed by atoms with Crippen molar-refractivity contribution in [2.75, 3.05) is 5.48 Å². The van der Waals surface area contributed by atoms with Gasteiger partial charge in [-0.3, -0.25) is 10.7 Å². The fourth-order valence-electron chi connectivity index (χ4n) is 1.59. The summed E-state index contributed by atoms with van der Waals surface area (Å²) in [7, 11) is 0. The second kappa shape index (κ2) is 6.44. The minimum atomic E-state index is 0.837. The molecule has 0 atom stereocenters. The van der Waals surface area contributed by atoms with Crippen LogP contribution in [-0.2, 0) is 6.42 Å². The molecule has 0 aliphatic heterocycles. The van der Waals surface area contributed by atoms with Gasteiger partial charge in [0.2, 0.25) is 0 Å². The standard InChI is InChI=1S/C12H19NO/c1-2-3-4-5-8-11-9-6-7-10-12(11)13-14/h6-7,9-10,13-14H,2-5,8H2,1H3. The molecule has 1 rings (SSSR count). The first kappa shape index (κ1) is 11.1. The largest absolute Gasteiger partial charge is 0.291 e. The maximum atomic E-state index is 8.87. The van der Waals surface area contributed by atoms with E-state index < -0.39 is 0 Å². The smallest absolute Gasteiger partial charge is 0.0634 e. The molecule has 0 unspecified atom stereocenters. The number of aryl methyl sites for hydroxylation is 1. The van der Waals surface area contributed by atoms with E-state index in [9.17, 15) is 0 Å². The predicted molar refractivity (Wildman–Crippen MR) is 59.7 cm³/mol. The zero-order valence-electron chi connectivity index (χ0n) is 8.79. The monoisotopic (exact) mass is 193 g/mol. The highest BCUT2D eigenvalue weighted by Crippen LogP contribution is 2.17. The summed E-state index contributed by atoms with van der Waals surface area (Å²) in [6, 6.07) is 7.89. The van der Waals surface area contributed by atoms with Gasteiger partial charge in [0.05, 0.1) is 5.69 Å². The number of para-hydroxylation sites is 1. The van der Waals surface area contributed by atoms with Crippen molar-refractivity contribution >= 4 is 5.69 Å². The number of anilines is 1. The molecule has 1 aromatic carbocycles. The van der Waals surface area contributed by atoms with Crippen LogP contribution in [0.4, 0.5) is 5.69 Å². The Labute approximate surface area is 85.9 Å². The molecular formula is C12H19NO. The molecule has 0 fully saturated rings. The summed E-state index contributed by atoms with van der Waals surface area (Å²) in [6.07, 6.45) is 6.08. The molecule has 0 spiro atoms. The van der Waals surface area contributed by atoms with Gasteiger partial charge in [0, 0.05) is 0 Å². The Balaban J connectivity index is 2.41. The highest BCUT2D eigenvalue weighted by molar-refractivity contribution is 5.49. The Morgan fingerprint density at radius 3 is 2.64 bits per heavy atom. The van der Waals surface area contributed by atoms with Gasteiger partial charge in [0.15, 0.2) is 0 Å². The highest BCUT2D eigenvalue weighted by atomic mass is 16.5. The molecule has 0 aliphatic carbocycles. The van der Waals surface area contributed by atoms with E-state index >= 15 is 0 Å². The van der Waals surface area contributed by atoms with Crippen LogP contribution in [0.1, 0.15) is 38.2 Å². The van der Waals surface area contributed by atoms with Crippen molar-refractivity contribution < 1.29 is 5.21 Å². The first-order valence-electron chi connectivity index (χ1n) is 5.36. The number of benzene rings is 1. The maximum absolute atomic E-state index is 8.87. The summed E-state index contributed by atoms with van der Waals surface area (Å²) in [6.45, 7) is 2.21. The quantitative estimate of drug-likeness (QED) is 0.534. The molecule has 78 valence electrons. The molecule has 2 heteroatoms. The summed E-state index contributed by atoms with van der Waals surface area (Å²) in [5, 5.41) is 8.87. The summed E-state index contributed by atoms with van der Waals surface area (Å²) in [4.78, 5) is 0. The average Bonchev–Trinajstić information content (AvgIpc) is 2.25. The van der Waals surface area contributed by atoms with Crippen LogP contribution in [0.2, 0.25) is 0 Å². The predicted octanol–water partition coefficient (Wildman–Crippen LogP) is 3.61. The van der Waals surface area contributed by atoms with Crippen molar-refractivity contribution in [3.63, 3.8) is 0 Å². The SMILES string of the molecule is CCCCCCc1ccccc1NO. The van der Waals surface area contributed by atoms with Gasteiger partial charge in [-0.15, -0.1) is 0 Å². The Morgan fingerprint density at radius 1 is 1.14 bits per heavy atom. The van der Waals surface area contributed by atoms with Crippen molar-refractivity contribution in [2.24, 2.45) is 0 Å². The lowest BCUT2D eigenvalue weighted by molar-refractivity contribution is 0.388. The lowest BCUT2D eigenvalue weighted by atomic mass is 10.0. The van der Waals surface area contributed by atoms with E-state index in [1.165, 1.54) is 31.2 Å². The van der Waals surface area contributed by atoms with E-state index in [-0.39, 0.29) is 0 Å². The van der Waals surface area contributed by atoms with Crippen LogP contribution in [0.3, 0.4) is 0 Å². The lowest BCUT2D eigenvalue weighted by Crippen LogP contribution is -1.95. The normalized spacial score (nSPS) is 10.1. The van der Waals surface area contributed by atoms with Gasteiger partial charge in [-0.1, -0.05) is 44.4 Å². The first-order chi connectivity index (χ1) is 6.88. The van der Waals surface area contributed by atoms with Crippen molar-refractivity contribution in [1.29, 1.82) is 0 Å². The van der Waals surface area contributed by atoms with Gasteiger partial charge in [0.1, 0.15) is 0 Å². The molecule has 1 aromatic rings. The van der Waals surface area contributed by atoms with Crippen LogP contribution >= 0.6 is 0 Å². The second-order valence-electron chi connectivity index (χ2n) is 3.58. The van der Waals surface area contributed by atoms with Gasteiger partial charge in [-0.2, -0.15) is 0 Å². The molecule has 0 radical (unpaired) electrons. The van der Waals surface area contributed by atoms with Gasteiger partial charge in [-0.05, 0) is 24.5 Å². The van der Waals surface area contributed by atoms with E-state index in [1.807, 2.05) is 18.2 Å². The number of unbranched alkanes of at least 4 members (excludes halogenated alkanes) is 3. The van der Waals surface area contributed by atoms with Gasteiger partial charge in [0.25, 0.3) is 0 Å². The molecule has 0 aromatic heterocycles. The summed E-state index contributed by atoms with van der Waals surface area (Å²) in [5.41, 5.74) is 4.27. The van der Waals surface area contributed by atoms with E-state index in [1.54, 1.807) is 0 Å². The summed E-state index contributed by atoms with van der Waals surface area (Å²) >= 11 is 0. The second-order valence-corrected chi connectivity index (χ2v) is 3.58. The maximum Gasteiger partial charge on any atom is 0.0634 e. The first-order valence-corrected chi connectivity index (χ1v) is 5.36. The third-order valence-electron chi connectivity index (χ3n) is 2.44. The van der Waals surface area contributed by atoms with E-state index in [0.717, 1.165) is 12.1 Å².